The van der Waals surface area contributed by atoms with Crippen LogP contribution in [0.5, 0.6) is 0 Å². The van der Waals surface area contributed by atoms with Gasteiger partial charge < -0.3 is 15.3 Å². The number of carbonyl (C=O) groups is 2. The predicted molar refractivity (Wildman–Crippen MR) is 50.5 cm³/mol. The number of aliphatic hydroxyl groups is 1. The van der Waals surface area contributed by atoms with Crippen molar-refractivity contribution >= 4 is 11.8 Å². The third-order valence-electron chi connectivity index (χ3n) is 2.27. The van der Waals surface area contributed by atoms with E-state index in [1.807, 2.05) is 0 Å². The number of nitrogens with zero attached hydrogens (tertiary/aromatic N) is 1. The number of nitrogens with one attached hydrogen (secondary N) is 1. The molecule has 1 unspecified atom stereocenters. The Labute approximate surface area is 83.1 Å². The first-order valence-corrected chi connectivity index (χ1v) is 4.74. The first-order valence-electron chi connectivity index (χ1n) is 4.74. The summed E-state index contributed by atoms with van der Waals surface area (Å²) in [5.74, 6) is -0.345. The fourth-order valence-corrected chi connectivity index (χ4v) is 1.58. The van der Waals surface area contributed by atoms with Gasteiger partial charge in [-0.25, -0.2) is 0 Å². The van der Waals surface area contributed by atoms with Gasteiger partial charge in [0.15, 0.2) is 0 Å². The lowest BCUT2D eigenvalue weighted by atomic mass is 10.3. The maximum Gasteiger partial charge on any atom is 0.244 e. The minimum absolute atomic E-state index is 0.128. The van der Waals surface area contributed by atoms with E-state index in [9.17, 15) is 14.7 Å². The van der Waals surface area contributed by atoms with E-state index in [1.165, 1.54) is 6.92 Å². The molecule has 0 radical (unpaired) electrons. The van der Waals surface area contributed by atoms with Crippen LogP contribution in [0.4, 0.5) is 0 Å². The number of β-amino-alcohol motifs (C(OH)–C–C–N with tert-alkyl or cyclic N) is 1. The molecule has 1 fully saturated rings. The molecule has 14 heavy (non-hydrogen) atoms. The summed E-state index contributed by atoms with van der Waals surface area (Å²) >= 11 is 0. The molecule has 0 spiro atoms. The molecular formula is C9H16N2O3. The number of hydrogen-bond acceptors (Lipinski definition) is 3. The third-order valence-corrected chi connectivity index (χ3v) is 2.27. The fraction of sp³-hybridized carbons (Fsp3) is 0.778. The van der Waals surface area contributed by atoms with Crippen LogP contribution in [0.25, 0.3) is 0 Å². The van der Waals surface area contributed by atoms with E-state index in [2.05, 4.69) is 5.32 Å². The van der Waals surface area contributed by atoms with E-state index in [0.29, 0.717) is 19.5 Å². The molecule has 1 aliphatic rings. The molecular weight excluding hydrogens is 184 g/mol. The maximum absolute atomic E-state index is 11.6. The van der Waals surface area contributed by atoms with Gasteiger partial charge in [0.05, 0.1) is 6.10 Å². The van der Waals surface area contributed by atoms with E-state index in [-0.39, 0.29) is 11.8 Å². The molecule has 0 aromatic rings. The Hall–Kier alpha value is -1.10. The van der Waals surface area contributed by atoms with E-state index in [0.717, 1.165) is 0 Å². The summed E-state index contributed by atoms with van der Waals surface area (Å²) in [5, 5.41) is 11.8. The lowest BCUT2D eigenvalue weighted by molar-refractivity contribution is -0.134. The molecule has 1 heterocycles. The molecule has 0 aromatic heterocycles. The van der Waals surface area contributed by atoms with Gasteiger partial charge in [-0.15, -0.1) is 0 Å². The average molecular weight is 200 g/mol. The van der Waals surface area contributed by atoms with Gasteiger partial charge in [-0.05, 0) is 13.3 Å². The van der Waals surface area contributed by atoms with Crippen molar-refractivity contribution < 1.29 is 14.7 Å². The molecule has 1 aliphatic heterocycles. The van der Waals surface area contributed by atoms with Crippen molar-refractivity contribution in [3.63, 3.8) is 0 Å². The summed E-state index contributed by atoms with van der Waals surface area (Å²) in [4.78, 5) is 23.9. The summed E-state index contributed by atoms with van der Waals surface area (Å²) in [6.45, 7) is 3.98. The quantitative estimate of drug-likeness (QED) is 0.607. The van der Waals surface area contributed by atoms with Crippen molar-refractivity contribution in [2.75, 3.05) is 13.1 Å². The second kappa shape index (κ2) is 4.41. The zero-order valence-corrected chi connectivity index (χ0v) is 8.49. The zero-order chi connectivity index (χ0) is 10.7. The lowest BCUT2D eigenvalue weighted by Crippen LogP contribution is -2.45. The molecule has 1 saturated heterocycles. The largest absolute Gasteiger partial charge is 0.391 e. The Morgan fingerprint density at radius 3 is 2.64 bits per heavy atom. The van der Waals surface area contributed by atoms with Crippen LogP contribution in [0.15, 0.2) is 0 Å². The number of hydrogen-bond donors (Lipinski definition) is 2. The van der Waals surface area contributed by atoms with Gasteiger partial charge in [-0.3, -0.25) is 9.59 Å². The molecule has 0 aliphatic carbocycles. The van der Waals surface area contributed by atoms with Gasteiger partial charge in [-0.2, -0.15) is 0 Å². The van der Waals surface area contributed by atoms with Crippen molar-refractivity contribution in [1.29, 1.82) is 0 Å². The highest BCUT2D eigenvalue weighted by Crippen LogP contribution is 2.09. The highest BCUT2D eigenvalue weighted by atomic mass is 16.3. The minimum Gasteiger partial charge on any atom is -0.391 e. The molecule has 80 valence electrons. The van der Waals surface area contributed by atoms with Crippen LogP contribution < -0.4 is 5.32 Å². The molecule has 0 aromatic carbocycles. The van der Waals surface area contributed by atoms with Crippen LogP contribution in [-0.4, -0.2) is 47.1 Å². The molecule has 2 N–H and O–H groups in total. The molecule has 1 rings (SSSR count). The second-order valence-electron chi connectivity index (χ2n) is 3.65. The number of carbonyl (C=O) groups excluding carboxylic acids is 2. The highest BCUT2D eigenvalue weighted by molar-refractivity contribution is 5.86. The van der Waals surface area contributed by atoms with Crippen LogP contribution in [0.2, 0.25) is 0 Å². The Morgan fingerprint density at radius 2 is 2.21 bits per heavy atom. The number of likely N-dealkylation sites (tertiary alicyclic amines) is 1. The topological polar surface area (TPSA) is 69.6 Å². The van der Waals surface area contributed by atoms with E-state index in [1.54, 1.807) is 11.8 Å². The summed E-state index contributed by atoms with van der Waals surface area (Å²) in [5.41, 5.74) is 0. The van der Waals surface area contributed by atoms with Gasteiger partial charge in [0.1, 0.15) is 6.04 Å². The first-order chi connectivity index (χ1) is 6.50. The minimum atomic E-state index is -0.502. The third kappa shape index (κ3) is 2.70. The standard InChI is InChI=1S/C9H16N2O3/c1-6(10-7(2)12)9(14)11-4-3-8(13)5-11/h6,8,13H,3-5H2,1-2H3,(H,10,12)/t6?,8-/m1/s1. The second-order valence-corrected chi connectivity index (χ2v) is 3.65. The number of aliphatic hydroxyl groups excluding tert-OH is 1. The van der Waals surface area contributed by atoms with Crippen molar-refractivity contribution in [3.8, 4) is 0 Å². The van der Waals surface area contributed by atoms with Crippen LogP contribution in [0, 0.1) is 0 Å². The van der Waals surface area contributed by atoms with Crippen LogP contribution in [-0.2, 0) is 9.59 Å². The van der Waals surface area contributed by atoms with Crippen molar-refractivity contribution in [1.82, 2.24) is 10.2 Å². The Balaban J connectivity index is 2.44. The van der Waals surface area contributed by atoms with Gasteiger partial charge >= 0.3 is 0 Å². The summed E-state index contributed by atoms with van der Waals surface area (Å²) < 4.78 is 0. The van der Waals surface area contributed by atoms with E-state index in [4.69, 9.17) is 0 Å². The molecule has 0 saturated carbocycles. The van der Waals surface area contributed by atoms with Crippen LogP contribution in [0.3, 0.4) is 0 Å². The smallest absolute Gasteiger partial charge is 0.244 e. The maximum atomic E-state index is 11.6. The normalized spacial score (nSPS) is 23.4. The Bertz CT molecular complexity index is 242. The summed E-state index contributed by atoms with van der Waals surface area (Å²) in [6, 6.07) is -0.502. The fourth-order valence-electron chi connectivity index (χ4n) is 1.58. The molecule has 2 amide bonds. The van der Waals surface area contributed by atoms with Gasteiger partial charge in [-0.1, -0.05) is 0 Å². The predicted octanol–water partition coefficient (Wildman–Crippen LogP) is -0.896. The molecule has 5 nitrogen and oxygen atoms in total. The monoisotopic (exact) mass is 200 g/mol. The van der Waals surface area contributed by atoms with Gasteiger partial charge in [0.2, 0.25) is 11.8 Å². The lowest BCUT2D eigenvalue weighted by Gasteiger charge is -2.20. The number of rotatable bonds is 2. The van der Waals surface area contributed by atoms with Crippen molar-refractivity contribution in [2.45, 2.75) is 32.4 Å². The Kier molecular flexibility index (Phi) is 3.46. The van der Waals surface area contributed by atoms with Gasteiger partial charge in [0.25, 0.3) is 0 Å². The van der Waals surface area contributed by atoms with E-state index < -0.39 is 12.1 Å². The van der Waals surface area contributed by atoms with Gasteiger partial charge in [0, 0.05) is 20.0 Å². The molecule has 2 atom stereocenters. The molecule has 0 bridgehead atoms. The van der Waals surface area contributed by atoms with Crippen LogP contribution >= 0.6 is 0 Å². The van der Waals surface area contributed by atoms with E-state index >= 15 is 0 Å². The highest BCUT2D eigenvalue weighted by Gasteiger charge is 2.27. The van der Waals surface area contributed by atoms with Crippen molar-refractivity contribution in [3.05, 3.63) is 0 Å². The zero-order valence-electron chi connectivity index (χ0n) is 8.49. The first kappa shape index (κ1) is 11.0. The SMILES string of the molecule is CC(=O)NC(C)C(=O)N1CC[C@@H](O)C1. The average Bonchev–Trinajstić information content (AvgIpc) is 2.49. The molecule has 5 heteroatoms. The van der Waals surface area contributed by atoms with Crippen LogP contribution in [0.1, 0.15) is 20.3 Å². The summed E-state index contributed by atoms with van der Waals surface area (Å²) in [7, 11) is 0. The van der Waals surface area contributed by atoms with Crippen molar-refractivity contribution in [2.24, 2.45) is 0 Å². The number of amides is 2. The Morgan fingerprint density at radius 1 is 1.57 bits per heavy atom. The summed E-state index contributed by atoms with van der Waals surface area (Å²) in [6.07, 6.45) is 0.210.